The van der Waals surface area contributed by atoms with Crippen LogP contribution in [0.4, 0.5) is 5.82 Å². The molecule has 0 atom stereocenters. The van der Waals surface area contributed by atoms with Gasteiger partial charge in [-0.25, -0.2) is 4.68 Å². The number of hydrogen-bond donors (Lipinski definition) is 1. The molecule has 0 saturated heterocycles. The van der Waals surface area contributed by atoms with Crippen molar-refractivity contribution < 1.29 is 0 Å². The van der Waals surface area contributed by atoms with Crippen molar-refractivity contribution in [2.24, 2.45) is 0 Å². The number of aryl methyl sites for hydroxylation is 1. The number of fused-ring (bicyclic) bond motifs is 1. The smallest absolute Gasteiger partial charge is 0.133 e. The van der Waals surface area contributed by atoms with Crippen LogP contribution in [0.25, 0.3) is 5.69 Å². The van der Waals surface area contributed by atoms with Crippen LogP contribution in [0.15, 0.2) is 24.3 Å². The van der Waals surface area contributed by atoms with Gasteiger partial charge in [0.25, 0.3) is 0 Å². The van der Waals surface area contributed by atoms with Crippen LogP contribution in [-0.2, 0) is 18.3 Å². The van der Waals surface area contributed by atoms with Crippen molar-refractivity contribution >= 4 is 5.82 Å². The fraction of sp³-hybridized carbons (Fsp3) is 0.471. The molecule has 0 aliphatic carbocycles. The Morgan fingerprint density at radius 2 is 2.00 bits per heavy atom. The largest absolute Gasteiger partial charge is 0.369 e. The van der Waals surface area contributed by atoms with Crippen LogP contribution in [-0.4, -0.2) is 16.3 Å². The molecule has 1 aliphatic rings. The number of nitrogens with zero attached hydrogens (tertiary/aromatic N) is 2. The number of hydrogen-bond acceptors (Lipinski definition) is 2. The van der Waals surface area contributed by atoms with Crippen LogP contribution in [0.5, 0.6) is 0 Å². The Morgan fingerprint density at radius 1 is 1.25 bits per heavy atom. The Bertz CT molecular complexity index is 632. The van der Waals surface area contributed by atoms with Gasteiger partial charge in [-0.15, -0.1) is 0 Å². The van der Waals surface area contributed by atoms with Gasteiger partial charge >= 0.3 is 0 Å². The minimum Gasteiger partial charge on any atom is -0.369 e. The monoisotopic (exact) mass is 269 g/mol. The molecular weight excluding hydrogens is 246 g/mol. The van der Waals surface area contributed by atoms with E-state index in [1.807, 2.05) is 0 Å². The molecule has 0 saturated carbocycles. The van der Waals surface area contributed by atoms with Crippen LogP contribution < -0.4 is 5.32 Å². The summed E-state index contributed by atoms with van der Waals surface area (Å²) < 4.78 is 2.11. The van der Waals surface area contributed by atoms with Crippen LogP contribution in [0.2, 0.25) is 0 Å². The first-order valence-corrected chi connectivity index (χ1v) is 7.47. The molecule has 20 heavy (non-hydrogen) atoms. The Labute approximate surface area is 121 Å². The van der Waals surface area contributed by atoms with Crippen molar-refractivity contribution in [3.8, 4) is 5.69 Å². The van der Waals surface area contributed by atoms with Crippen molar-refractivity contribution in [1.29, 1.82) is 0 Å². The van der Waals surface area contributed by atoms with Crippen molar-refractivity contribution in [2.75, 3.05) is 11.9 Å². The first kappa shape index (κ1) is 13.2. The van der Waals surface area contributed by atoms with Gasteiger partial charge < -0.3 is 5.32 Å². The minimum atomic E-state index is 0.0858. The fourth-order valence-corrected chi connectivity index (χ4v) is 2.97. The lowest BCUT2D eigenvalue weighted by atomic mass is 9.89. The molecule has 0 amide bonds. The van der Waals surface area contributed by atoms with E-state index in [0.29, 0.717) is 0 Å². The van der Waals surface area contributed by atoms with E-state index in [2.05, 4.69) is 62.0 Å². The maximum Gasteiger partial charge on any atom is 0.133 e. The van der Waals surface area contributed by atoms with Crippen LogP contribution in [0.1, 0.15) is 44.5 Å². The van der Waals surface area contributed by atoms with Crippen molar-refractivity contribution in [3.63, 3.8) is 0 Å². The van der Waals surface area contributed by atoms with Gasteiger partial charge in [0.05, 0.1) is 11.4 Å². The molecule has 2 aromatic rings. The SMILES string of the molecule is CCc1ccccc1-n1nc(C(C)(C)C)c2c1NCC2. The zero-order valence-corrected chi connectivity index (χ0v) is 12.8. The molecule has 1 aliphatic heterocycles. The van der Waals surface area contributed by atoms with Gasteiger partial charge in [0.1, 0.15) is 5.82 Å². The molecule has 0 spiro atoms. The molecule has 1 aromatic heterocycles. The second kappa shape index (κ2) is 4.65. The highest BCUT2D eigenvalue weighted by atomic mass is 15.3. The van der Waals surface area contributed by atoms with Crippen LogP contribution >= 0.6 is 0 Å². The summed E-state index contributed by atoms with van der Waals surface area (Å²) in [6.45, 7) is 9.93. The fourth-order valence-electron chi connectivity index (χ4n) is 2.97. The average Bonchev–Trinajstić information content (AvgIpc) is 2.98. The summed E-state index contributed by atoms with van der Waals surface area (Å²) in [5.41, 5.74) is 5.25. The standard InChI is InChI=1S/C17H23N3/c1-5-12-8-6-7-9-14(12)20-16-13(10-11-18-16)15(19-20)17(2,3)4/h6-9,18H,5,10-11H2,1-4H3. The summed E-state index contributed by atoms with van der Waals surface area (Å²) in [6.07, 6.45) is 2.10. The van der Waals surface area contributed by atoms with Crippen molar-refractivity contribution in [3.05, 3.63) is 41.1 Å². The molecule has 0 unspecified atom stereocenters. The molecule has 3 rings (SSSR count). The summed E-state index contributed by atoms with van der Waals surface area (Å²) >= 11 is 0. The van der Waals surface area contributed by atoms with Gasteiger partial charge in [-0.1, -0.05) is 45.9 Å². The lowest BCUT2D eigenvalue weighted by Crippen LogP contribution is -2.15. The molecule has 1 N–H and O–H groups in total. The lowest BCUT2D eigenvalue weighted by molar-refractivity contribution is 0.554. The third-order valence-electron chi connectivity index (χ3n) is 3.96. The van der Waals surface area contributed by atoms with E-state index in [4.69, 9.17) is 5.10 Å². The topological polar surface area (TPSA) is 29.9 Å². The molecule has 3 nitrogen and oxygen atoms in total. The third kappa shape index (κ3) is 2.01. The van der Waals surface area contributed by atoms with Gasteiger partial charge in [-0.3, -0.25) is 0 Å². The molecule has 3 heteroatoms. The van der Waals surface area contributed by atoms with E-state index in [1.54, 1.807) is 0 Å². The molecule has 0 radical (unpaired) electrons. The van der Waals surface area contributed by atoms with Gasteiger partial charge in [0, 0.05) is 17.5 Å². The van der Waals surface area contributed by atoms with Gasteiger partial charge in [-0.2, -0.15) is 5.10 Å². The first-order valence-electron chi connectivity index (χ1n) is 7.47. The third-order valence-corrected chi connectivity index (χ3v) is 3.96. The average molecular weight is 269 g/mol. The molecular formula is C17H23N3. The Morgan fingerprint density at radius 3 is 2.70 bits per heavy atom. The Hall–Kier alpha value is -1.77. The number of rotatable bonds is 2. The summed E-state index contributed by atoms with van der Waals surface area (Å²) in [5.74, 6) is 1.19. The van der Waals surface area contributed by atoms with E-state index in [9.17, 15) is 0 Å². The highest BCUT2D eigenvalue weighted by molar-refractivity contribution is 5.59. The molecule has 0 fully saturated rings. The van der Waals surface area contributed by atoms with Gasteiger partial charge in [-0.05, 0) is 24.5 Å². The second-order valence-electron chi connectivity index (χ2n) is 6.50. The summed E-state index contributed by atoms with van der Waals surface area (Å²) in [4.78, 5) is 0. The number of anilines is 1. The van der Waals surface area contributed by atoms with Crippen LogP contribution in [0.3, 0.4) is 0 Å². The molecule has 106 valence electrons. The van der Waals surface area contributed by atoms with Gasteiger partial charge in [0.2, 0.25) is 0 Å². The highest BCUT2D eigenvalue weighted by Crippen LogP contribution is 2.35. The van der Waals surface area contributed by atoms with Crippen molar-refractivity contribution in [2.45, 2.75) is 46.0 Å². The second-order valence-corrected chi connectivity index (χ2v) is 6.50. The number of para-hydroxylation sites is 1. The van der Waals surface area contributed by atoms with E-state index in [-0.39, 0.29) is 5.41 Å². The van der Waals surface area contributed by atoms with Crippen LogP contribution in [0, 0.1) is 0 Å². The van der Waals surface area contributed by atoms with Gasteiger partial charge in [0.15, 0.2) is 0 Å². The molecule has 2 heterocycles. The quantitative estimate of drug-likeness (QED) is 0.901. The van der Waals surface area contributed by atoms with E-state index in [0.717, 1.165) is 19.4 Å². The zero-order valence-electron chi connectivity index (χ0n) is 12.8. The highest BCUT2D eigenvalue weighted by Gasteiger charge is 2.29. The minimum absolute atomic E-state index is 0.0858. The number of nitrogens with one attached hydrogen (secondary N) is 1. The van der Waals surface area contributed by atoms with E-state index < -0.39 is 0 Å². The number of benzene rings is 1. The maximum absolute atomic E-state index is 4.94. The predicted octanol–water partition coefficient (Wildman–Crippen LogP) is 3.70. The normalized spacial score (nSPS) is 14.2. The van der Waals surface area contributed by atoms with E-state index >= 15 is 0 Å². The first-order chi connectivity index (χ1) is 9.52. The van der Waals surface area contributed by atoms with Crippen molar-refractivity contribution in [1.82, 2.24) is 9.78 Å². The molecule has 0 bridgehead atoms. The molecule has 1 aromatic carbocycles. The number of aromatic nitrogens is 2. The summed E-state index contributed by atoms with van der Waals surface area (Å²) in [7, 11) is 0. The zero-order chi connectivity index (χ0) is 14.3. The predicted molar refractivity (Wildman–Crippen MR) is 83.8 cm³/mol. The summed E-state index contributed by atoms with van der Waals surface area (Å²) in [5, 5.41) is 8.45. The Balaban J connectivity index is 2.21. The maximum atomic E-state index is 4.94. The lowest BCUT2D eigenvalue weighted by Gasteiger charge is -2.16. The Kier molecular flexibility index (Phi) is 3.08. The van der Waals surface area contributed by atoms with E-state index in [1.165, 1.54) is 28.3 Å². The summed E-state index contributed by atoms with van der Waals surface area (Å²) in [6, 6.07) is 8.55.